The normalized spacial score (nSPS) is 28.1. The number of rotatable bonds is 7. The summed E-state index contributed by atoms with van der Waals surface area (Å²) in [6, 6.07) is -0.0624. The summed E-state index contributed by atoms with van der Waals surface area (Å²) >= 11 is 0. The van der Waals surface area contributed by atoms with Gasteiger partial charge in [0.1, 0.15) is 0 Å². The van der Waals surface area contributed by atoms with Crippen molar-refractivity contribution in [1.82, 2.24) is 5.32 Å². The van der Waals surface area contributed by atoms with Gasteiger partial charge in [0.2, 0.25) is 5.91 Å². The van der Waals surface area contributed by atoms with Gasteiger partial charge in [0.25, 0.3) is 0 Å². The van der Waals surface area contributed by atoms with E-state index in [2.05, 4.69) is 5.32 Å². The predicted molar refractivity (Wildman–Crippen MR) is 71.6 cm³/mol. The Bertz CT molecular complexity index is 319. The number of carboxylic acids is 1. The van der Waals surface area contributed by atoms with Gasteiger partial charge in [-0.25, -0.2) is 0 Å². The third-order valence-electron chi connectivity index (χ3n) is 4.21. The first-order chi connectivity index (χ1) is 9.03. The molecule has 0 radical (unpaired) electrons. The van der Waals surface area contributed by atoms with Crippen molar-refractivity contribution < 1.29 is 19.8 Å². The zero-order chi connectivity index (χ0) is 14.4. The Labute approximate surface area is 114 Å². The van der Waals surface area contributed by atoms with E-state index in [1.165, 1.54) is 0 Å². The van der Waals surface area contributed by atoms with Crippen LogP contribution in [0.5, 0.6) is 0 Å². The van der Waals surface area contributed by atoms with Gasteiger partial charge in [0.15, 0.2) is 0 Å². The summed E-state index contributed by atoms with van der Waals surface area (Å²) in [4.78, 5) is 23.4. The maximum Gasteiger partial charge on any atom is 0.307 e. The number of hydrogen-bond acceptors (Lipinski definition) is 3. The smallest absolute Gasteiger partial charge is 0.307 e. The van der Waals surface area contributed by atoms with Crippen molar-refractivity contribution in [3.8, 4) is 0 Å². The van der Waals surface area contributed by atoms with Crippen molar-refractivity contribution in [2.45, 2.75) is 52.0 Å². The molecule has 1 aliphatic rings. The molecule has 0 spiro atoms. The lowest BCUT2D eigenvalue weighted by molar-refractivity contribution is -0.146. The van der Waals surface area contributed by atoms with Crippen LogP contribution in [-0.4, -0.2) is 34.7 Å². The molecule has 0 bridgehead atoms. The van der Waals surface area contributed by atoms with Crippen molar-refractivity contribution in [2.75, 3.05) is 6.61 Å². The van der Waals surface area contributed by atoms with E-state index in [1.807, 2.05) is 13.8 Å². The molecule has 19 heavy (non-hydrogen) atoms. The fraction of sp³-hybridized carbons (Fsp3) is 0.857. The van der Waals surface area contributed by atoms with Crippen molar-refractivity contribution in [1.29, 1.82) is 0 Å². The van der Waals surface area contributed by atoms with Gasteiger partial charge in [0.05, 0.1) is 11.8 Å². The molecule has 5 heteroatoms. The summed E-state index contributed by atoms with van der Waals surface area (Å²) < 4.78 is 0. The van der Waals surface area contributed by atoms with E-state index in [9.17, 15) is 14.7 Å². The van der Waals surface area contributed by atoms with E-state index in [0.717, 1.165) is 12.8 Å². The molecule has 0 aromatic carbocycles. The number of carbonyl (C=O) groups excluding carboxylic acids is 1. The molecule has 0 aliphatic heterocycles. The lowest BCUT2D eigenvalue weighted by Gasteiger charge is -2.21. The minimum Gasteiger partial charge on any atom is -0.481 e. The number of carboxylic acid groups (broad SMARTS) is 1. The van der Waals surface area contributed by atoms with Crippen molar-refractivity contribution in [3.63, 3.8) is 0 Å². The molecule has 2 unspecified atom stereocenters. The van der Waals surface area contributed by atoms with Crippen LogP contribution in [0, 0.1) is 17.8 Å². The van der Waals surface area contributed by atoms with Crippen LogP contribution in [0.4, 0.5) is 0 Å². The van der Waals surface area contributed by atoms with Gasteiger partial charge in [-0.1, -0.05) is 20.3 Å². The molecule has 1 rings (SSSR count). The molecule has 5 nitrogen and oxygen atoms in total. The highest BCUT2D eigenvalue weighted by Crippen LogP contribution is 2.38. The third-order valence-corrected chi connectivity index (χ3v) is 4.21. The van der Waals surface area contributed by atoms with E-state index in [-0.39, 0.29) is 18.6 Å². The minimum absolute atomic E-state index is 0.0311. The van der Waals surface area contributed by atoms with Crippen LogP contribution in [-0.2, 0) is 9.59 Å². The molecule has 0 aromatic heterocycles. The van der Waals surface area contributed by atoms with Crippen LogP contribution >= 0.6 is 0 Å². The monoisotopic (exact) mass is 271 g/mol. The first-order valence-electron chi connectivity index (χ1n) is 7.17. The molecule has 3 N–H and O–H groups in total. The average molecular weight is 271 g/mol. The molecular weight excluding hydrogens is 246 g/mol. The Balaban J connectivity index is 2.65. The van der Waals surface area contributed by atoms with Crippen LogP contribution < -0.4 is 5.32 Å². The summed E-state index contributed by atoms with van der Waals surface area (Å²) in [6.07, 6.45) is 3.44. The van der Waals surface area contributed by atoms with E-state index in [4.69, 9.17) is 5.11 Å². The maximum atomic E-state index is 12.2. The predicted octanol–water partition coefficient (Wildman–Crippen LogP) is 1.40. The molecule has 110 valence electrons. The Morgan fingerprint density at radius 1 is 1.26 bits per heavy atom. The second-order valence-corrected chi connectivity index (χ2v) is 5.42. The second-order valence-electron chi connectivity index (χ2n) is 5.42. The number of aliphatic hydroxyl groups is 1. The lowest BCUT2D eigenvalue weighted by Crippen LogP contribution is -2.41. The zero-order valence-corrected chi connectivity index (χ0v) is 11.8. The zero-order valence-electron chi connectivity index (χ0n) is 11.8. The average Bonchev–Trinajstić information content (AvgIpc) is 2.82. The minimum atomic E-state index is -0.869. The quantitative estimate of drug-likeness (QED) is 0.653. The largest absolute Gasteiger partial charge is 0.481 e. The Morgan fingerprint density at radius 3 is 2.37 bits per heavy atom. The Hall–Kier alpha value is -1.10. The summed E-state index contributed by atoms with van der Waals surface area (Å²) in [5, 5.41) is 21.0. The van der Waals surface area contributed by atoms with E-state index < -0.39 is 17.8 Å². The van der Waals surface area contributed by atoms with Gasteiger partial charge in [-0.05, 0) is 31.6 Å². The van der Waals surface area contributed by atoms with Gasteiger partial charge in [0, 0.05) is 12.6 Å². The van der Waals surface area contributed by atoms with Crippen LogP contribution in [0.25, 0.3) is 0 Å². The SMILES string of the molecule is CCC1C[C@H](C(=O)NC(CC)CCO)[C@H](C(=O)O)C1. The summed E-state index contributed by atoms with van der Waals surface area (Å²) in [5.41, 5.74) is 0. The Morgan fingerprint density at radius 2 is 1.89 bits per heavy atom. The molecule has 1 saturated carbocycles. The molecule has 0 aromatic rings. The van der Waals surface area contributed by atoms with Crippen LogP contribution in [0.1, 0.15) is 46.0 Å². The molecule has 1 aliphatic carbocycles. The maximum absolute atomic E-state index is 12.2. The summed E-state index contributed by atoms with van der Waals surface area (Å²) in [6.45, 7) is 4.01. The number of nitrogens with one attached hydrogen (secondary N) is 1. The number of amides is 1. The summed E-state index contributed by atoms with van der Waals surface area (Å²) in [7, 11) is 0. The molecular formula is C14H25NO4. The molecule has 4 atom stereocenters. The van der Waals surface area contributed by atoms with Crippen LogP contribution in [0.2, 0.25) is 0 Å². The first kappa shape index (κ1) is 16.0. The van der Waals surface area contributed by atoms with E-state index >= 15 is 0 Å². The number of aliphatic carboxylic acids is 1. The van der Waals surface area contributed by atoms with Crippen LogP contribution in [0.15, 0.2) is 0 Å². The van der Waals surface area contributed by atoms with Gasteiger partial charge >= 0.3 is 5.97 Å². The van der Waals surface area contributed by atoms with Gasteiger partial charge in [-0.15, -0.1) is 0 Å². The fourth-order valence-electron chi connectivity index (χ4n) is 2.88. The van der Waals surface area contributed by atoms with Gasteiger partial charge in [-0.3, -0.25) is 9.59 Å². The molecule has 1 amide bonds. The second kappa shape index (κ2) is 7.48. The van der Waals surface area contributed by atoms with Gasteiger partial charge < -0.3 is 15.5 Å². The number of aliphatic hydroxyl groups excluding tert-OH is 1. The third kappa shape index (κ3) is 4.20. The fourth-order valence-corrected chi connectivity index (χ4v) is 2.88. The highest BCUT2D eigenvalue weighted by atomic mass is 16.4. The highest BCUT2D eigenvalue weighted by Gasteiger charge is 2.42. The van der Waals surface area contributed by atoms with Crippen LogP contribution in [0.3, 0.4) is 0 Å². The molecule has 0 heterocycles. The number of hydrogen-bond donors (Lipinski definition) is 3. The number of carbonyl (C=O) groups is 2. The van der Waals surface area contributed by atoms with Crippen molar-refractivity contribution >= 4 is 11.9 Å². The summed E-state index contributed by atoms with van der Waals surface area (Å²) in [5.74, 6) is -1.68. The molecule has 0 saturated heterocycles. The van der Waals surface area contributed by atoms with E-state index in [0.29, 0.717) is 25.2 Å². The lowest BCUT2D eigenvalue weighted by atomic mass is 9.95. The first-order valence-corrected chi connectivity index (χ1v) is 7.17. The topological polar surface area (TPSA) is 86.6 Å². The van der Waals surface area contributed by atoms with Crippen molar-refractivity contribution in [3.05, 3.63) is 0 Å². The van der Waals surface area contributed by atoms with Gasteiger partial charge in [-0.2, -0.15) is 0 Å². The van der Waals surface area contributed by atoms with Crippen molar-refractivity contribution in [2.24, 2.45) is 17.8 Å². The Kier molecular flexibility index (Phi) is 6.28. The molecule has 1 fully saturated rings. The standard InChI is InChI=1S/C14H25NO4/c1-3-9-7-11(12(8-9)14(18)19)13(17)15-10(4-2)5-6-16/h9-12,16H,3-8H2,1-2H3,(H,15,17)(H,18,19)/t9?,10?,11-,12+/m0/s1. The highest BCUT2D eigenvalue weighted by molar-refractivity contribution is 5.85. The van der Waals surface area contributed by atoms with E-state index in [1.54, 1.807) is 0 Å².